The van der Waals surface area contributed by atoms with E-state index in [1.54, 1.807) is 0 Å². The first kappa shape index (κ1) is 14.3. The van der Waals surface area contributed by atoms with Crippen LogP contribution in [0.5, 0.6) is 0 Å². The van der Waals surface area contributed by atoms with Crippen molar-refractivity contribution in [1.82, 2.24) is 0 Å². The standard InChI is InChI=1S/C18H26O/c1-2-3-4-5-15-6-10-17(11-7-15)18-12-8-16(14-19)9-13-18/h8-9,12-15,17H,2-7,10-11H2,1H3. The molecule has 1 fully saturated rings. The topological polar surface area (TPSA) is 17.1 Å². The normalized spacial score (nSPS) is 23.2. The highest BCUT2D eigenvalue weighted by molar-refractivity contribution is 5.74. The van der Waals surface area contributed by atoms with Crippen LogP contribution in [0, 0.1) is 5.92 Å². The van der Waals surface area contributed by atoms with Crippen LogP contribution in [0.25, 0.3) is 0 Å². The van der Waals surface area contributed by atoms with Crippen molar-refractivity contribution in [2.45, 2.75) is 64.2 Å². The van der Waals surface area contributed by atoms with Crippen LogP contribution in [0.4, 0.5) is 0 Å². The quantitative estimate of drug-likeness (QED) is 0.496. The molecule has 1 nitrogen and oxygen atoms in total. The lowest BCUT2D eigenvalue weighted by molar-refractivity contribution is 0.112. The molecule has 104 valence electrons. The summed E-state index contributed by atoms with van der Waals surface area (Å²) >= 11 is 0. The number of carbonyl (C=O) groups excluding carboxylic acids is 1. The Kier molecular flexibility index (Phi) is 5.62. The maximum atomic E-state index is 10.7. The zero-order valence-electron chi connectivity index (χ0n) is 12.1. The van der Waals surface area contributed by atoms with Crippen LogP contribution >= 0.6 is 0 Å². The summed E-state index contributed by atoms with van der Waals surface area (Å²) in [6, 6.07) is 8.20. The Morgan fingerprint density at radius 1 is 1.05 bits per heavy atom. The van der Waals surface area contributed by atoms with Crippen LogP contribution in [0.3, 0.4) is 0 Å². The number of rotatable bonds is 6. The predicted octanol–water partition coefficient (Wildman–Crippen LogP) is 5.35. The van der Waals surface area contributed by atoms with E-state index in [0.717, 1.165) is 23.7 Å². The summed E-state index contributed by atoms with van der Waals surface area (Å²) in [6.45, 7) is 2.28. The molecule has 0 aliphatic heterocycles. The Morgan fingerprint density at radius 2 is 1.74 bits per heavy atom. The number of aldehydes is 1. The predicted molar refractivity (Wildman–Crippen MR) is 80.7 cm³/mol. The number of hydrogen-bond acceptors (Lipinski definition) is 1. The van der Waals surface area contributed by atoms with Crippen molar-refractivity contribution in [1.29, 1.82) is 0 Å². The molecule has 2 rings (SSSR count). The fourth-order valence-electron chi connectivity index (χ4n) is 3.31. The third-order valence-corrected chi connectivity index (χ3v) is 4.61. The van der Waals surface area contributed by atoms with Crippen molar-refractivity contribution in [3.05, 3.63) is 35.4 Å². The first-order valence-electron chi connectivity index (χ1n) is 7.88. The molecule has 0 aromatic heterocycles. The highest BCUT2D eigenvalue weighted by atomic mass is 16.1. The molecule has 0 atom stereocenters. The van der Waals surface area contributed by atoms with Crippen LogP contribution in [0.15, 0.2) is 24.3 Å². The molecule has 1 aliphatic carbocycles. The molecule has 1 aromatic carbocycles. The summed E-state index contributed by atoms with van der Waals surface area (Å²) in [4.78, 5) is 10.7. The van der Waals surface area contributed by atoms with Gasteiger partial charge in [0.1, 0.15) is 6.29 Å². The molecular weight excluding hydrogens is 232 g/mol. The van der Waals surface area contributed by atoms with E-state index in [1.807, 2.05) is 12.1 Å². The second-order valence-corrected chi connectivity index (χ2v) is 6.00. The van der Waals surface area contributed by atoms with Crippen LogP contribution in [-0.2, 0) is 0 Å². The molecule has 1 aromatic rings. The van der Waals surface area contributed by atoms with E-state index in [1.165, 1.54) is 56.9 Å². The van der Waals surface area contributed by atoms with E-state index >= 15 is 0 Å². The van der Waals surface area contributed by atoms with Crippen LogP contribution in [0.2, 0.25) is 0 Å². The molecule has 0 amide bonds. The van der Waals surface area contributed by atoms with Crippen molar-refractivity contribution in [2.75, 3.05) is 0 Å². The third kappa shape index (κ3) is 4.19. The molecule has 0 heterocycles. The fraction of sp³-hybridized carbons (Fsp3) is 0.611. The van der Waals surface area contributed by atoms with Gasteiger partial charge in [-0.3, -0.25) is 4.79 Å². The molecular formula is C18H26O. The number of benzene rings is 1. The molecule has 0 spiro atoms. The average Bonchev–Trinajstić information content (AvgIpc) is 2.48. The average molecular weight is 258 g/mol. The molecule has 19 heavy (non-hydrogen) atoms. The minimum absolute atomic E-state index is 0.725. The van der Waals surface area contributed by atoms with Crippen molar-refractivity contribution in [2.24, 2.45) is 5.92 Å². The van der Waals surface area contributed by atoms with Crippen LogP contribution in [0.1, 0.15) is 80.1 Å². The van der Waals surface area contributed by atoms with Gasteiger partial charge in [0.15, 0.2) is 0 Å². The largest absolute Gasteiger partial charge is 0.298 e. The smallest absolute Gasteiger partial charge is 0.150 e. The van der Waals surface area contributed by atoms with Gasteiger partial charge in [0, 0.05) is 5.56 Å². The van der Waals surface area contributed by atoms with E-state index < -0.39 is 0 Å². The van der Waals surface area contributed by atoms with Gasteiger partial charge in [0.25, 0.3) is 0 Å². The highest BCUT2D eigenvalue weighted by Crippen LogP contribution is 2.37. The minimum Gasteiger partial charge on any atom is -0.298 e. The van der Waals surface area contributed by atoms with Gasteiger partial charge in [-0.2, -0.15) is 0 Å². The molecule has 0 radical (unpaired) electrons. The number of hydrogen-bond donors (Lipinski definition) is 0. The van der Waals surface area contributed by atoms with Gasteiger partial charge >= 0.3 is 0 Å². The Balaban J connectivity index is 1.80. The lowest BCUT2D eigenvalue weighted by atomic mass is 9.77. The van der Waals surface area contributed by atoms with Gasteiger partial charge in [-0.25, -0.2) is 0 Å². The van der Waals surface area contributed by atoms with Gasteiger partial charge in [0.2, 0.25) is 0 Å². The van der Waals surface area contributed by atoms with E-state index in [9.17, 15) is 4.79 Å². The van der Waals surface area contributed by atoms with Crippen molar-refractivity contribution >= 4 is 6.29 Å². The minimum atomic E-state index is 0.725. The second kappa shape index (κ2) is 7.47. The molecule has 1 aliphatic rings. The van der Waals surface area contributed by atoms with Crippen molar-refractivity contribution < 1.29 is 4.79 Å². The van der Waals surface area contributed by atoms with Gasteiger partial charge in [-0.15, -0.1) is 0 Å². The Morgan fingerprint density at radius 3 is 2.32 bits per heavy atom. The van der Waals surface area contributed by atoms with Gasteiger partial charge < -0.3 is 0 Å². The summed E-state index contributed by atoms with van der Waals surface area (Å²) in [5, 5.41) is 0. The summed E-state index contributed by atoms with van der Waals surface area (Å²) < 4.78 is 0. The molecule has 0 saturated heterocycles. The molecule has 0 unspecified atom stereocenters. The van der Waals surface area contributed by atoms with E-state index in [2.05, 4.69) is 19.1 Å². The van der Waals surface area contributed by atoms with Gasteiger partial charge in [-0.1, -0.05) is 56.9 Å². The van der Waals surface area contributed by atoms with E-state index in [-0.39, 0.29) is 0 Å². The maximum absolute atomic E-state index is 10.7. The Labute approximate surface area is 117 Å². The number of unbranched alkanes of at least 4 members (excludes halogenated alkanes) is 2. The third-order valence-electron chi connectivity index (χ3n) is 4.61. The lowest BCUT2D eigenvalue weighted by Crippen LogP contribution is -2.13. The SMILES string of the molecule is CCCCCC1CCC(c2ccc(C=O)cc2)CC1. The van der Waals surface area contributed by atoms with Crippen molar-refractivity contribution in [3.63, 3.8) is 0 Å². The Bertz CT molecular complexity index is 371. The maximum Gasteiger partial charge on any atom is 0.150 e. The summed E-state index contributed by atoms with van der Waals surface area (Å²) in [5.41, 5.74) is 2.22. The first-order valence-corrected chi connectivity index (χ1v) is 7.88. The monoisotopic (exact) mass is 258 g/mol. The first-order chi connectivity index (χ1) is 9.33. The highest BCUT2D eigenvalue weighted by Gasteiger charge is 2.21. The lowest BCUT2D eigenvalue weighted by Gasteiger charge is -2.29. The van der Waals surface area contributed by atoms with Crippen LogP contribution in [-0.4, -0.2) is 6.29 Å². The molecule has 1 heteroatoms. The zero-order chi connectivity index (χ0) is 13.5. The number of carbonyl (C=O) groups is 1. The molecule has 0 bridgehead atoms. The van der Waals surface area contributed by atoms with Gasteiger partial charge in [-0.05, 0) is 43.1 Å². The summed E-state index contributed by atoms with van der Waals surface area (Å²) in [5.74, 6) is 1.69. The molecule has 1 saturated carbocycles. The molecule has 0 N–H and O–H groups in total. The van der Waals surface area contributed by atoms with Crippen molar-refractivity contribution in [3.8, 4) is 0 Å². The fourth-order valence-corrected chi connectivity index (χ4v) is 3.31. The Hall–Kier alpha value is -1.11. The second-order valence-electron chi connectivity index (χ2n) is 6.00. The van der Waals surface area contributed by atoms with E-state index in [4.69, 9.17) is 0 Å². The summed E-state index contributed by atoms with van der Waals surface area (Å²) in [7, 11) is 0. The summed E-state index contributed by atoms with van der Waals surface area (Å²) in [6.07, 6.45) is 12.0. The van der Waals surface area contributed by atoms with Gasteiger partial charge in [0.05, 0.1) is 0 Å². The van der Waals surface area contributed by atoms with E-state index in [0.29, 0.717) is 0 Å². The zero-order valence-corrected chi connectivity index (χ0v) is 12.1. The van der Waals surface area contributed by atoms with Crippen LogP contribution < -0.4 is 0 Å².